The van der Waals surface area contributed by atoms with Gasteiger partial charge in [0.25, 0.3) is 0 Å². The van der Waals surface area contributed by atoms with Gasteiger partial charge in [0.2, 0.25) is 0 Å². The summed E-state index contributed by atoms with van der Waals surface area (Å²) in [4.78, 5) is 11.4. The average Bonchev–Trinajstić information content (AvgIpc) is 2.92. The molecule has 24 heavy (non-hydrogen) atoms. The second-order valence-corrected chi connectivity index (χ2v) is 8.98. The van der Waals surface area contributed by atoms with Gasteiger partial charge in [-0.2, -0.15) is 0 Å². The average molecular weight is 327 g/mol. The van der Waals surface area contributed by atoms with Crippen LogP contribution in [0.5, 0.6) is 0 Å². The Morgan fingerprint density at radius 2 is 2.00 bits per heavy atom. The highest BCUT2D eigenvalue weighted by Gasteiger charge is 2.50. The maximum Gasteiger partial charge on any atom is 0.123 e. The summed E-state index contributed by atoms with van der Waals surface area (Å²) in [7, 11) is 0. The Balaban J connectivity index is 1.82. The van der Waals surface area contributed by atoms with E-state index in [1.807, 2.05) is 0 Å². The van der Waals surface area contributed by atoms with E-state index in [0.29, 0.717) is 17.3 Å². The molecule has 0 heterocycles. The summed E-state index contributed by atoms with van der Waals surface area (Å²) in [6.45, 7) is 11.2. The molecular weight excluding hydrogens is 292 g/mol. The molecule has 0 saturated heterocycles. The molecule has 3 aliphatic rings. The number of rotatable bonds is 3. The molecule has 1 nitrogen and oxygen atoms in total. The van der Waals surface area contributed by atoms with E-state index < -0.39 is 0 Å². The SMILES string of the molecule is C=C1CC[C@H](C)C/C1=C\C=C1/CCC[C@]2(C)C([C@H](C)C=O)CC[C@@H]12. The van der Waals surface area contributed by atoms with E-state index in [0.717, 1.165) is 12.3 Å². The van der Waals surface area contributed by atoms with Gasteiger partial charge in [-0.1, -0.05) is 50.6 Å². The summed E-state index contributed by atoms with van der Waals surface area (Å²) in [6, 6.07) is 0. The first-order chi connectivity index (χ1) is 11.5. The van der Waals surface area contributed by atoms with Crippen molar-refractivity contribution >= 4 is 6.29 Å². The van der Waals surface area contributed by atoms with Crippen LogP contribution in [-0.2, 0) is 4.79 Å². The maximum absolute atomic E-state index is 11.4. The van der Waals surface area contributed by atoms with Gasteiger partial charge in [0.15, 0.2) is 0 Å². The number of carbonyl (C=O) groups is 1. The molecule has 0 aliphatic heterocycles. The van der Waals surface area contributed by atoms with Crippen molar-refractivity contribution in [3.05, 3.63) is 35.5 Å². The van der Waals surface area contributed by atoms with E-state index in [4.69, 9.17) is 0 Å². The second-order valence-electron chi connectivity index (χ2n) is 8.98. The zero-order chi connectivity index (χ0) is 17.3. The quantitative estimate of drug-likeness (QED) is 0.559. The van der Waals surface area contributed by atoms with Gasteiger partial charge in [-0.05, 0) is 80.1 Å². The van der Waals surface area contributed by atoms with Crippen LogP contribution in [0, 0.1) is 29.1 Å². The van der Waals surface area contributed by atoms with E-state index in [9.17, 15) is 4.79 Å². The van der Waals surface area contributed by atoms with Gasteiger partial charge in [-0.3, -0.25) is 0 Å². The molecule has 3 saturated carbocycles. The van der Waals surface area contributed by atoms with Crippen molar-refractivity contribution in [2.24, 2.45) is 29.1 Å². The highest BCUT2D eigenvalue weighted by molar-refractivity contribution is 5.54. The summed E-state index contributed by atoms with van der Waals surface area (Å²) in [5.41, 5.74) is 4.80. The van der Waals surface area contributed by atoms with Crippen LogP contribution in [0.3, 0.4) is 0 Å². The van der Waals surface area contributed by atoms with Gasteiger partial charge in [0.1, 0.15) is 6.29 Å². The van der Waals surface area contributed by atoms with Crippen LogP contribution in [0.1, 0.15) is 72.1 Å². The second kappa shape index (κ2) is 7.02. The highest BCUT2D eigenvalue weighted by atomic mass is 16.1. The van der Waals surface area contributed by atoms with E-state index in [-0.39, 0.29) is 5.92 Å². The lowest BCUT2D eigenvalue weighted by Crippen LogP contribution is -2.36. The predicted molar refractivity (Wildman–Crippen MR) is 102 cm³/mol. The smallest absolute Gasteiger partial charge is 0.123 e. The van der Waals surface area contributed by atoms with Crippen molar-refractivity contribution in [2.75, 3.05) is 0 Å². The van der Waals surface area contributed by atoms with Gasteiger partial charge in [-0.25, -0.2) is 0 Å². The van der Waals surface area contributed by atoms with Crippen LogP contribution in [0.15, 0.2) is 35.5 Å². The van der Waals surface area contributed by atoms with E-state index >= 15 is 0 Å². The van der Waals surface area contributed by atoms with Crippen molar-refractivity contribution in [3.8, 4) is 0 Å². The molecule has 0 aromatic rings. The molecule has 3 aliphatic carbocycles. The lowest BCUT2D eigenvalue weighted by molar-refractivity contribution is -0.113. The van der Waals surface area contributed by atoms with E-state index in [2.05, 4.69) is 39.5 Å². The first-order valence-corrected chi connectivity index (χ1v) is 9.98. The lowest BCUT2D eigenvalue weighted by atomic mass is 9.61. The first-order valence-electron chi connectivity index (χ1n) is 9.98. The third-order valence-corrected chi connectivity index (χ3v) is 7.35. The number of hydrogen-bond acceptors (Lipinski definition) is 1. The maximum atomic E-state index is 11.4. The standard InChI is InChI=1S/C23H34O/c1-16-7-8-17(2)20(14-16)10-9-19-6-5-13-23(4)21(18(3)15-24)11-12-22(19)23/h9-10,15-16,18,21-22H,2,5-8,11-14H2,1,3-4H3/b19-9+,20-10+/t16-,18+,21?,22-,23+/m0/s1. The fraction of sp³-hybridized carbons (Fsp3) is 0.696. The minimum Gasteiger partial charge on any atom is -0.303 e. The third-order valence-electron chi connectivity index (χ3n) is 7.35. The Morgan fingerprint density at radius 3 is 2.75 bits per heavy atom. The summed E-state index contributed by atoms with van der Waals surface area (Å²) in [6.07, 6.45) is 16.0. The van der Waals surface area contributed by atoms with Crippen molar-refractivity contribution in [1.29, 1.82) is 0 Å². The Bertz CT molecular complexity index is 567. The lowest BCUT2D eigenvalue weighted by Gasteiger charge is -2.43. The van der Waals surface area contributed by atoms with Gasteiger partial charge >= 0.3 is 0 Å². The molecule has 0 bridgehead atoms. The summed E-state index contributed by atoms with van der Waals surface area (Å²) in [5.74, 6) is 2.25. The van der Waals surface area contributed by atoms with Gasteiger partial charge in [-0.15, -0.1) is 0 Å². The Hall–Kier alpha value is -1.11. The molecule has 0 amide bonds. The molecule has 3 rings (SSSR count). The largest absolute Gasteiger partial charge is 0.303 e. The molecule has 0 aromatic heterocycles. The molecular formula is C23H34O. The summed E-state index contributed by atoms with van der Waals surface area (Å²) in [5, 5.41) is 0. The Labute approximate surface area is 148 Å². The molecule has 3 fully saturated rings. The molecule has 132 valence electrons. The summed E-state index contributed by atoms with van der Waals surface area (Å²) < 4.78 is 0. The zero-order valence-corrected chi connectivity index (χ0v) is 15.8. The van der Waals surface area contributed by atoms with Crippen molar-refractivity contribution in [2.45, 2.75) is 72.1 Å². The minimum absolute atomic E-state index is 0.205. The predicted octanol–water partition coefficient (Wildman–Crippen LogP) is 6.27. The molecule has 0 N–H and O–H groups in total. The number of fused-ring (bicyclic) bond motifs is 1. The number of aldehydes is 1. The van der Waals surface area contributed by atoms with Crippen LogP contribution in [0.25, 0.3) is 0 Å². The summed E-state index contributed by atoms with van der Waals surface area (Å²) >= 11 is 0. The molecule has 1 unspecified atom stereocenters. The van der Waals surface area contributed by atoms with Gasteiger partial charge < -0.3 is 4.79 Å². The third kappa shape index (κ3) is 3.19. The number of allylic oxidation sites excluding steroid dienone is 5. The van der Waals surface area contributed by atoms with Crippen LogP contribution in [-0.4, -0.2) is 6.29 Å². The minimum atomic E-state index is 0.205. The van der Waals surface area contributed by atoms with Crippen LogP contribution < -0.4 is 0 Å². The Kier molecular flexibility index (Phi) is 5.18. The first kappa shape index (κ1) is 17.7. The van der Waals surface area contributed by atoms with Gasteiger partial charge in [0, 0.05) is 5.92 Å². The van der Waals surface area contributed by atoms with Crippen molar-refractivity contribution in [3.63, 3.8) is 0 Å². The molecule has 0 aromatic carbocycles. The van der Waals surface area contributed by atoms with Gasteiger partial charge in [0.05, 0.1) is 0 Å². The zero-order valence-electron chi connectivity index (χ0n) is 15.8. The fourth-order valence-electron chi connectivity index (χ4n) is 5.83. The van der Waals surface area contributed by atoms with E-state index in [1.165, 1.54) is 62.4 Å². The van der Waals surface area contributed by atoms with Crippen LogP contribution in [0.4, 0.5) is 0 Å². The number of hydrogen-bond donors (Lipinski definition) is 0. The number of carbonyl (C=O) groups excluding carboxylic acids is 1. The normalized spacial score (nSPS) is 41.5. The van der Waals surface area contributed by atoms with Crippen LogP contribution >= 0.6 is 0 Å². The van der Waals surface area contributed by atoms with E-state index in [1.54, 1.807) is 5.57 Å². The molecule has 0 radical (unpaired) electrons. The fourth-order valence-corrected chi connectivity index (χ4v) is 5.83. The van der Waals surface area contributed by atoms with Crippen molar-refractivity contribution in [1.82, 2.24) is 0 Å². The molecule has 0 spiro atoms. The molecule has 1 heteroatoms. The topological polar surface area (TPSA) is 17.1 Å². The Morgan fingerprint density at radius 1 is 1.21 bits per heavy atom. The molecule has 5 atom stereocenters. The highest BCUT2D eigenvalue weighted by Crippen LogP contribution is 2.59. The van der Waals surface area contributed by atoms with Crippen LogP contribution in [0.2, 0.25) is 0 Å². The monoisotopic (exact) mass is 326 g/mol. The van der Waals surface area contributed by atoms with Crippen molar-refractivity contribution < 1.29 is 4.79 Å².